The predicted octanol–water partition coefficient (Wildman–Crippen LogP) is -0.743. The van der Waals surface area contributed by atoms with Gasteiger partial charge >= 0.3 is 5.69 Å². The number of hydrazone groups is 1. The first kappa shape index (κ1) is 15.6. The number of anilines is 1. The Balaban J connectivity index is 2.04. The number of hydrogen-bond donors (Lipinski definition) is 3. The molecule has 124 valence electrons. The largest absolute Gasteiger partial charge is 0.395 e. The van der Waals surface area contributed by atoms with E-state index in [-0.39, 0.29) is 30.3 Å². The zero-order valence-electron chi connectivity index (χ0n) is 12.8. The van der Waals surface area contributed by atoms with Crippen LogP contribution >= 0.6 is 0 Å². The molecule has 3 rings (SSSR count). The van der Waals surface area contributed by atoms with Gasteiger partial charge in [0.15, 0.2) is 11.2 Å². The van der Waals surface area contributed by atoms with Gasteiger partial charge in [-0.2, -0.15) is 10.1 Å². The first-order valence-electron chi connectivity index (χ1n) is 7.11. The van der Waals surface area contributed by atoms with Crippen molar-refractivity contribution in [1.82, 2.24) is 24.1 Å². The van der Waals surface area contributed by atoms with Crippen molar-refractivity contribution in [1.29, 1.82) is 0 Å². The van der Waals surface area contributed by atoms with Gasteiger partial charge in [0.05, 0.1) is 12.8 Å². The lowest BCUT2D eigenvalue weighted by molar-refractivity contribution is 0.278. The summed E-state index contributed by atoms with van der Waals surface area (Å²) in [4.78, 5) is 34.1. The lowest BCUT2D eigenvalue weighted by Gasteiger charge is -2.05. The molecule has 0 saturated heterocycles. The van der Waals surface area contributed by atoms with Crippen LogP contribution in [-0.2, 0) is 13.6 Å². The molecule has 0 aliphatic heterocycles. The molecule has 0 spiro atoms. The van der Waals surface area contributed by atoms with Crippen molar-refractivity contribution in [2.45, 2.75) is 6.54 Å². The minimum Gasteiger partial charge on any atom is -0.395 e. The Hall–Kier alpha value is -3.27. The molecule has 10 nitrogen and oxygen atoms in total. The second-order valence-corrected chi connectivity index (χ2v) is 4.95. The Morgan fingerprint density at radius 1 is 1.38 bits per heavy atom. The summed E-state index contributed by atoms with van der Waals surface area (Å²) in [5.41, 5.74) is 2.82. The van der Waals surface area contributed by atoms with Crippen molar-refractivity contribution in [2.24, 2.45) is 12.1 Å². The fourth-order valence-corrected chi connectivity index (χ4v) is 2.25. The number of aromatic amines is 1. The normalized spacial score (nSPS) is 11.4. The zero-order chi connectivity index (χ0) is 17.1. The topological polar surface area (TPSA) is 130 Å². The highest BCUT2D eigenvalue weighted by atomic mass is 16.3. The van der Waals surface area contributed by atoms with E-state index in [4.69, 9.17) is 0 Å². The zero-order valence-corrected chi connectivity index (χ0v) is 12.8. The molecule has 0 bridgehead atoms. The van der Waals surface area contributed by atoms with E-state index in [0.29, 0.717) is 0 Å². The summed E-state index contributed by atoms with van der Waals surface area (Å²) in [6, 6.07) is 3.55. The Labute approximate surface area is 135 Å². The number of aliphatic hydroxyl groups excluding tert-OH is 1. The molecule has 3 N–H and O–H groups in total. The highest BCUT2D eigenvalue weighted by Gasteiger charge is 2.16. The number of fused-ring (bicyclic) bond motifs is 1. The summed E-state index contributed by atoms with van der Waals surface area (Å²) in [5.74, 6) is 0.246. The molecular formula is C14H15N7O3. The Kier molecular flexibility index (Phi) is 4.20. The Morgan fingerprint density at radius 2 is 2.12 bits per heavy atom. The van der Waals surface area contributed by atoms with Gasteiger partial charge in [-0.1, -0.05) is 0 Å². The minimum atomic E-state index is -0.569. The monoisotopic (exact) mass is 329 g/mol. The summed E-state index contributed by atoms with van der Waals surface area (Å²) >= 11 is 0. The molecule has 0 aliphatic carbocycles. The number of hydrogen-bond acceptors (Lipinski definition) is 7. The molecule has 10 heteroatoms. The maximum Gasteiger partial charge on any atom is 0.329 e. The third-order valence-corrected chi connectivity index (χ3v) is 3.41. The SMILES string of the molecule is Cn1c(=O)[nH]c(=O)c2c1nc(N/N=C/c1ccncc1)n2CCO. The van der Waals surface area contributed by atoms with Crippen molar-refractivity contribution in [3.63, 3.8) is 0 Å². The number of aliphatic hydroxyl groups is 1. The quantitative estimate of drug-likeness (QED) is 0.417. The van der Waals surface area contributed by atoms with Crippen molar-refractivity contribution in [3.05, 3.63) is 50.9 Å². The lowest BCUT2D eigenvalue weighted by atomic mass is 10.3. The van der Waals surface area contributed by atoms with Crippen molar-refractivity contribution in [3.8, 4) is 0 Å². The van der Waals surface area contributed by atoms with Crippen LogP contribution in [0.15, 0.2) is 39.2 Å². The van der Waals surface area contributed by atoms with Crippen LogP contribution in [0.4, 0.5) is 5.95 Å². The highest BCUT2D eigenvalue weighted by Crippen LogP contribution is 2.14. The van der Waals surface area contributed by atoms with Crippen LogP contribution < -0.4 is 16.7 Å². The number of nitrogens with zero attached hydrogens (tertiary/aromatic N) is 5. The summed E-state index contributed by atoms with van der Waals surface area (Å²) in [7, 11) is 1.50. The van der Waals surface area contributed by atoms with E-state index >= 15 is 0 Å². The smallest absolute Gasteiger partial charge is 0.329 e. The Bertz CT molecular complexity index is 1000. The van der Waals surface area contributed by atoms with Crippen LogP contribution in [0.25, 0.3) is 11.2 Å². The minimum absolute atomic E-state index is 0.130. The molecule has 3 aromatic rings. The number of H-pyrrole nitrogens is 1. The molecule has 24 heavy (non-hydrogen) atoms. The summed E-state index contributed by atoms with van der Waals surface area (Å²) in [6.45, 7) is -0.0681. The molecule has 3 heterocycles. The summed E-state index contributed by atoms with van der Waals surface area (Å²) in [5, 5.41) is 13.3. The molecule has 0 unspecified atom stereocenters. The number of aryl methyl sites for hydroxylation is 1. The van der Waals surface area contributed by atoms with E-state index in [1.165, 1.54) is 16.2 Å². The fraction of sp³-hybridized carbons (Fsp3) is 0.214. The van der Waals surface area contributed by atoms with E-state index in [2.05, 4.69) is 25.5 Å². The van der Waals surface area contributed by atoms with Gasteiger partial charge in [-0.05, 0) is 17.7 Å². The molecule has 0 amide bonds. The number of aromatic nitrogens is 5. The number of imidazole rings is 1. The van der Waals surface area contributed by atoms with Crippen molar-refractivity contribution < 1.29 is 5.11 Å². The molecule has 3 aromatic heterocycles. The van der Waals surface area contributed by atoms with E-state index in [0.717, 1.165) is 5.56 Å². The lowest BCUT2D eigenvalue weighted by Crippen LogP contribution is -2.29. The second-order valence-electron chi connectivity index (χ2n) is 4.95. The van der Waals surface area contributed by atoms with Crippen LogP contribution in [0.1, 0.15) is 5.56 Å². The van der Waals surface area contributed by atoms with E-state index in [9.17, 15) is 14.7 Å². The van der Waals surface area contributed by atoms with Gasteiger partial charge in [0.2, 0.25) is 5.95 Å². The average Bonchev–Trinajstić information content (AvgIpc) is 2.93. The van der Waals surface area contributed by atoms with E-state index in [1.807, 2.05) is 0 Å². The number of pyridine rings is 1. The molecule has 0 fully saturated rings. The van der Waals surface area contributed by atoms with Gasteiger partial charge in [0.1, 0.15) is 0 Å². The summed E-state index contributed by atoms with van der Waals surface area (Å²) in [6.07, 6.45) is 4.84. The first-order valence-corrected chi connectivity index (χ1v) is 7.11. The standard InChI is InChI=1S/C14H15N7O3/c1-20-11-10(12(23)18-14(20)24)21(6-7-22)13(17-11)19-16-8-9-2-4-15-5-3-9/h2-5,8,22H,6-7H2,1H3,(H,17,19)(H,18,23,24)/b16-8+. The fourth-order valence-electron chi connectivity index (χ4n) is 2.25. The molecule has 0 aliphatic rings. The molecule has 0 aromatic carbocycles. The van der Waals surface area contributed by atoms with Gasteiger partial charge in [-0.25, -0.2) is 10.2 Å². The van der Waals surface area contributed by atoms with Gasteiger partial charge in [-0.15, -0.1) is 0 Å². The van der Waals surface area contributed by atoms with Crippen LogP contribution in [0.2, 0.25) is 0 Å². The van der Waals surface area contributed by atoms with Crippen LogP contribution in [0.5, 0.6) is 0 Å². The van der Waals surface area contributed by atoms with Gasteiger partial charge in [-0.3, -0.25) is 19.3 Å². The van der Waals surface area contributed by atoms with Crippen LogP contribution in [-0.4, -0.2) is 42.0 Å². The molecule has 0 saturated carbocycles. The number of rotatable bonds is 5. The van der Waals surface area contributed by atoms with Crippen molar-refractivity contribution >= 4 is 23.3 Å². The van der Waals surface area contributed by atoms with Gasteiger partial charge in [0.25, 0.3) is 5.56 Å². The third kappa shape index (κ3) is 2.82. The maximum atomic E-state index is 12.1. The molecule has 0 atom stereocenters. The predicted molar refractivity (Wildman–Crippen MR) is 88.1 cm³/mol. The van der Waals surface area contributed by atoms with Crippen LogP contribution in [0.3, 0.4) is 0 Å². The molecular weight excluding hydrogens is 314 g/mol. The first-order chi connectivity index (χ1) is 11.6. The number of nitrogens with one attached hydrogen (secondary N) is 2. The molecule has 0 radical (unpaired) electrons. The van der Waals surface area contributed by atoms with E-state index < -0.39 is 11.2 Å². The third-order valence-electron chi connectivity index (χ3n) is 3.41. The van der Waals surface area contributed by atoms with Crippen molar-refractivity contribution in [2.75, 3.05) is 12.0 Å². The van der Waals surface area contributed by atoms with Gasteiger partial charge in [0, 0.05) is 26.0 Å². The maximum absolute atomic E-state index is 12.1. The van der Waals surface area contributed by atoms with E-state index in [1.54, 1.807) is 30.7 Å². The highest BCUT2D eigenvalue weighted by molar-refractivity contribution is 5.80. The van der Waals surface area contributed by atoms with Gasteiger partial charge < -0.3 is 9.67 Å². The second kappa shape index (κ2) is 6.46. The Morgan fingerprint density at radius 3 is 2.83 bits per heavy atom. The average molecular weight is 329 g/mol. The summed E-state index contributed by atoms with van der Waals surface area (Å²) < 4.78 is 2.69. The van der Waals surface area contributed by atoms with Crippen LogP contribution in [0, 0.1) is 0 Å².